The summed E-state index contributed by atoms with van der Waals surface area (Å²) in [5, 5.41) is 0. The Hall–Kier alpha value is -2.27. The van der Waals surface area contributed by atoms with E-state index in [2.05, 4.69) is 39.2 Å². The smallest absolute Gasteiger partial charge is 0.119 e. The highest BCUT2D eigenvalue weighted by molar-refractivity contribution is 7.13. The molecule has 0 saturated heterocycles. The number of aryl methyl sites for hydroxylation is 1. The lowest BCUT2D eigenvalue weighted by Crippen LogP contribution is -1.89. The van der Waals surface area contributed by atoms with Gasteiger partial charge in [0.05, 0.1) is 22.3 Å². The minimum absolute atomic E-state index is 0.683. The van der Waals surface area contributed by atoms with Crippen molar-refractivity contribution < 1.29 is 4.79 Å². The largest absolute Gasteiger partial charge is 0.342 e. The highest BCUT2D eigenvalue weighted by Gasteiger charge is 2.05. The summed E-state index contributed by atoms with van der Waals surface area (Å²) in [7, 11) is 0. The molecule has 1 N–H and O–H groups in total. The van der Waals surface area contributed by atoms with Gasteiger partial charge in [-0.15, -0.1) is 11.3 Å². The van der Waals surface area contributed by atoms with Crippen LogP contribution in [0.4, 0.5) is 0 Å². The number of aromatic amines is 1. The molecule has 3 aromatic rings. The quantitative estimate of drug-likeness (QED) is 0.446. The molecule has 0 atom stereocenters. The van der Waals surface area contributed by atoms with Crippen molar-refractivity contribution in [1.29, 1.82) is 0 Å². The average molecular weight is 339 g/mol. The highest BCUT2D eigenvalue weighted by Crippen LogP contribution is 2.26. The maximum Gasteiger partial charge on any atom is 0.119 e. The molecule has 24 heavy (non-hydrogen) atoms. The third-order valence-corrected chi connectivity index (χ3v) is 4.85. The number of carbonyl (C=O) groups excluding carboxylic acids is 1. The molecule has 3 rings (SSSR count). The zero-order valence-electron chi connectivity index (χ0n) is 13.6. The lowest BCUT2D eigenvalue weighted by Gasteiger charge is -2.01. The van der Waals surface area contributed by atoms with Gasteiger partial charge >= 0.3 is 0 Å². The molecule has 0 aliphatic heterocycles. The fourth-order valence-electron chi connectivity index (χ4n) is 2.68. The van der Waals surface area contributed by atoms with E-state index in [0.717, 1.165) is 55.5 Å². The molecule has 124 valence electrons. The zero-order valence-corrected chi connectivity index (χ0v) is 14.4. The summed E-state index contributed by atoms with van der Waals surface area (Å²) in [5.41, 5.74) is 5.25. The Kier molecular flexibility index (Phi) is 5.90. The molecule has 0 radical (unpaired) electrons. The Morgan fingerprint density at radius 2 is 1.79 bits per heavy atom. The molecule has 0 amide bonds. The Labute approximate surface area is 146 Å². The summed E-state index contributed by atoms with van der Waals surface area (Å²) in [6, 6.07) is 8.48. The summed E-state index contributed by atoms with van der Waals surface area (Å²) in [5.74, 6) is 1.03. The first-order chi connectivity index (χ1) is 11.9. The topological polar surface area (TPSA) is 58.6 Å². The minimum Gasteiger partial charge on any atom is -0.342 e. The van der Waals surface area contributed by atoms with Gasteiger partial charge < -0.3 is 9.78 Å². The van der Waals surface area contributed by atoms with Crippen LogP contribution < -0.4 is 0 Å². The molecule has 0 aliphatic carbocycles. The number of aromatic nitrogens is 3. The fourth-order valence-corrected chi connectivity index (χ4v) is 3.31. The predicted molar refractivity (Wildman–Crippen MR) is 98.0 cm³/mol. The van der Waals surface area contributed by atoms with Crippen molar-refractivity contribution in [2.24, 2.45) is 0 Å². The summed E-state index contributed by atoms with van der Waals surface area (Å²) in [6.07, 6.45) is 10.8. The lowest BCUT2D eigenvalue weighted by molar-refractivity contribution is -0.107. The summed E-state index contributed by atoms with van der Waals surface area (Å²) < 4.78 is 0. The van der Waals surface area contributed by atoms with E-state index in [-0.39, 0.29) is 0 Å². The van der Waals surface area contributed by atoms with Gasteiger partial charge in [0.1, 0.15) is 12.1 Å². The van der Waals surface area contributed by atoms with Gasteiger partial charge in [0.15, 0.2) is 0 Å². The van der Waals surface area contributed by atoms with Crippen molar-refractivity contribution >= 4 is 17.6 Å². The van der Waals surface area contributed by atoms with Gasteiger partial charge in [-0.1, -0.05) is 37.1 Å². The average Bonchev–Trinajstić information content (AvgIpc) is 3.30. The number of H-pyrrole nitrogens is 1. The molecule has 5 heteroatoms. The highest BCUT2D eigenvalue weighted by atomic mass is 32.1. The number of nitrogens with zero attached hydrogens (tertiary/aromatic N) is 2. The first-order valence-corrected chi connectivity index (χ1v) is 9.21. The van der Waals surface area contributed by atoms with Crippen LogP contribution in [-0.4, -0.2) is 21.2 Å². The van der Waals surface area contributed by atoms with Crippen molar-refractivity contribution in [3.63, 3.8) is 0 Å². The van der Waals surface area contributed by atoms with Gasteiger partial charge in [-0.2, -0.15) is 0 Å². The maximum atomic E-state index is 10.3. The Bertz CT molecular complexity index is 747. The Morgan fingerprint density at radius 1 is 1.00 bits per heavy atom. The SMILES string of the molecule is O=CCCCCCCc1ncc(-c2ccc(-c3cncs3)cc2)[nH]1. The van der Waals surface area contributed by atoms with E-state index < -0.39 is 0 Å². The van der Waals surface area contributed by atoms with Crippen LogP contribution in [0, 0.1) is 0 Å². The van der Waals surface area contributed by atoms with Crippen LogP contribution in [0.2, 0.25) is 0 Å². The van der Waals surface area contributed by atoms with Crippen LogP contribution >= 0.6 is 11.3 Å². The number of hydrogen-bond acceptors (Lipinski definition) is 4. The normalized spacial score (nSPS) is 10.8. The van der Waals surface area contributed by atoms with Gasteiger partial charge in [-0.25, -0.2) is 4.98 Å². The van der Waals surface area contributed by atoms with E-state index in [1.54, 1.807) is 11.3 Å². The van der Waals surface area contributed by atoms with E-state index in [4.69, 9.17) is 0 Å². The van der Waals surface area contributed by atoms with E-state index in [1.807, 2.05) is 17.9 Å². The van der Waals surface area contributed by atoms with Crippen molar-refractivity contribution in [3.8, 4) is 21.7 Å². The van der Waals surface area contributed by atoms with Crippen molar-refractivity contribution in [1.82, 2.24) is 15.0 Å². The van der Waals surface area contributed by atoms with Gasteiger partial charge in [-0.05, 0) is 24.0 Å². The number of benzene rings is 1. The maximum absolute atomic E-state index is 10.3. The summed E-state index contributed by atoms with van der Waals surface area (Å²) in [6.45, 7) is 0. The monoisotopic (exact) mass is 339 g/mol. The minimum atomic E-state index is 0.683. The number of imidazole rings is 1. The molecule has 0 bridgehead atoms. The van der Waals surface area contributed by atoms with Crippen molar-refractivity contribution in [3.05, 3.63) is 48.0 Å². The number of carbonyl (C=O) groups is 1. The van der Waals surface area contributed by atoms with Crippen LogP contribution in [-0.2, 0) is 11.2 Å². The second-order valence-electron chi connectivity index (χ2n) is 5.81. The summed E-state index contributed by atoms with van der Waals surface area (Å²) in [4.78, 5) is 23.5. The third-order valence-electron chi connectivity index (χ3n) is 4.03. The fraction of sp³-hybridized carbons (Fsp3) is 0.316. The molecule has 0 saturated carbocycles. The number of thiazole rings is 1. The molecule has 2 aromatic heterocycles. The van der Waals surface area contributed by atoms with Crippen molar-refractivity contribution in [2.75, 3.05) is 0 Å². The van der Waals surface area contributed by atoms with E-state index in [0.29, 0.717) is 6.42 Å². The standard InChI is InChI=1S/C19H21N3OS/c23-11-5-3-1-2-4-6-19-21-12-17(22-19)15-7-9-16(10-8-15)18-13-20-14-24-18/h7-14H,1-6H2,(H,21,22). The predicted octanol–water partition coefficient (Wildman–Crippen LogP) is 4.89. The molecule has 1 aromatic carbocycles. The second kappa shape index (κ2) is 8.55. The lowest BCUT2D eigenvalue weighted by atomic mass is 10.1. The molecule has 0 aliphatic rings. The van der Waals surface area contributed by atoms with E-state index in [9.17, 15) is 4.79 Å². The number of unbranched alkanes of at least 4 members (excludes halogenated alkanes) is 4. The zero-order chi connectivity index (χ0) is 16.6. The van der Waals surface area contributed by atoms with Gasteiger partial charge in [0, 0.05) is 19.0 Å². The van der Waals surface area contributed by atoms with E-state index >= 15 is 0 Å². The molecular weight excluding hydrogens is 318 g/mol. The second-order valence-corrected chi connectivity index (χ2v) is 6.69. The number of aldehydes is 1. The van der Waals surface area contributed by atoms with Crippen LogP contribution in [0.5, 0.6) is 0 Å². The molecule has 0 unspecified atom stereocenters. The molecule has 0 fully saturated rings. The van der Waals surface area contributed by atoms with Crippen LogP contribution in [0.25, 0.3) is 21.7 Å². The number of nitrogens with one attached hydrogen (secondary N) is 1. The third kappa shape index (κ3) is 4.38. The molecule has 2 heterocycles. The Morgan fingerprint density at radius 3 is 2.54 bits per heavy atom. The number of rotatable bonds is 9. The number of hydrogen-bond donors (Lipinski definition) is 1. The van der Waals surface area contributed by atoms with E-state index in [1.165, 1.54) is 10.4 Å². The van der Waals surface area contributed by atoms with Gasteiger partial charge in [0.25, 0.3) is 0 Å². The van der Waals surface area contributed by atoms with Gasteiger partial charge in [-0.3, -0.25) is 4.98 Å². The summed E-state index contributed by atoms with van der Waals surface area (Å²) >= 11 is 1.65. The van der Waals surface area contributed by atoms with Crippen LogP contribution in [0.1, 0.15) is 37.9 Å². The van der Waals surface area contributed by atoms with Crippen LogP contribution in [0.15, 0.2) is 42.2 Å². The van der Waals surface area contributed by atoms with Crippen molar-refractivity contribution in [2.45, 2.75) is 38.5 Å². The molecule has 4 nitrogen and oxygen atoms in total. The molecule has 0 spiro atoms. The first kappa shape index (κ1) is 16.6. The first-order valence-electron chi connectivity index (χ1n) is 8.33. The van der Waals surface area contributed by atoms with Crippen LogP contribution in [0.3, 0.4) is 0 Å². The van der Waals surface area contributed by atoms with Gasteiger partial charge in [0.2, 0.25) is 0 Å². The molecular formula is C19H21N3OS. The Balaban J connectivity index is 1.54.